The van der Waals surface area contributed by atoms with Crippen LogP contribution in [0.15, 0.2) is 18.2 Å². The predicted molar refractivity (Wildman–Crippen MR) is 77.4 cm³/mol. The highest BCUT2D eigenvalue weighted by Gasteiger charge is 2.28. The molecular weight excluding hydrogens is 281 g/mol. The number of rotatable bonds is 4. The average Bonchev–Trinajstić information content (AvgIpc) is 2.43. The third kappa shape index (κ3) is 3.85. The highest BCUT2D eigenvalue weighted by Crippen LogP contribution is 2.30. The lowest BCUT2D eigenvalue weighted by Crippen LogP contribution is -2.32. The zero-order valence-electron chi connectivity index (χ0n) is 11.5. The summed E-state index contributed by atoms with van der Waals surface area (Å²) in [6, 6.07) is 4.46. The summed E-state index contributed by atoms with van der Waals surface area (Å²) >= 11 is 6.00. The van der Waals surface area contributed by atoms with Gasteiger partial charge in [0, 0.05) is 6.04 Å². The summed E-state index contributed by atoms with van der Waals surface area (Å²) in [5, 5.41) is 3.66. The average molecular weight is 300 g/mol. The van der Waals surface area contributed by atoms with Crippen LogP contribution >= 0.6 is 11.6 Å². The van der Waals surface area contributed by atoms with Crippen LogP contribution in [0.5, 0.6) is 0 Å². The van der Waals surface area contributed by atoms with Crippen molar-refractivity contribution < 1.29 is 13.9 Å². The summed E-state index contributed by atoms with van der Waals surface area (Å²) in [6.07, 6.45) is 3.55. The van der Waals surface area contributed by atoms with Crippen molar-refractivity contribution in [2.24, 2.45) is 5.92 Å². The van der Waals surface area contributed by atoms with Crippen LogP contribution in [0.25, 0.3) is 0 Å². The molecule has 2 atom stereocenters. The molecule has 0 spiro atoms. The summed E-state index contributed by atoms with van der Waals surface area (Å²) in [5.74, 6) is -0.529. The van der Waals surface area contributed by atoms with Gasteiger partial charge >= 0.3 is 5.97 Å². The minimum atomic E-state index is -0.353. The van der Waals surface area contributed by atoms with Crippen molar-refractivity contribution in [3.8, 4) is 0 Å². The Morgan fingerprint density at radius 3 is 3.00 bits per heavy atom. The number of ether oxygens (including phenoxy) is 1. The molecule has 0 bridgehead atoms. The molecule has 3 nitrogen and oxygen atoms in total. The number of hydrogen-bond acceptors (Lipinski definition) is 3. The number of carbonyl (C=O) groups is 1. The summed E-state index contributed by atoms with van der Waals surface area (Å²) < 4.78 is 18.1. The maximum Gasteiger partial charge on any atom is 0.308 e. The molecule has 1 fully saturated rings. The van der Waals surface area contributed by atoms with Crippen molar-refractivity contribution in [3.63, 3.8) is 0 Å². The molecule has 2 unspecified atom stereocenters. The number of carbonyl (C=O) groups excluding carboxylic acids is 1. The summed E-state index contributed by atoms with van der Waals surface area (Å²) in [5.41, 5.74) is 0.711. The first-order valence-corrected chi connectivity index (χ1v) is 7.36. The van der Waals surface area contributed by atoms with Crippen molar-refractivity contribution >= 4 is 23.3 Å². The Kier molecular flexibility index (Phi) is 5.24. The standard InChI is InChI=1S/C15H19ClFNO2/c1-2-20-15(19)10-4-3-5-12(8-10)18-14-7-6-11(17)9-13(14)16/h6-7,9-10,12,18H,2-5,8H2,1H3. The predicted octanol–water partition coefficient (Wildman–Crippen LogP) is 4.01. The number of halogens is 2. The first-order chi connectivity index (χ1) is 9.60. The first kappa shape index (κ1) is 15.1. The molecule has 0 aliphatic heterocycles. The lowest BCUT2D eigenvalue weighted by molar-refractivity contribution is -0.149. The second-order valence-electron chi connectivity index (χ2n) is 5.08. The van der Waals surface area contributed by atoms with Crippen molar-refractivity contribution in [1.82, 2.24) is 0 Å². The van der Waals surface area contributed by atoms with Gasteiger partial charge in [0.15, 0.2) is 0 Å². The molecule has 0 radical (unpaired) electrons. The van der Waals surface area contributed by atoms with E-state index >= 15 is 0 Å². The van der Waals surface area contributed by atoms with Gasteiger partial charge in [-0.15, -0.1) is 0 Å². The molecular formula is C15H19ClFNO2. The molecule has 5 heteroatoms. The molecule has 0 heterocycles. The molecule has 1 N–H and O–H groups in total. The van der Waals surface area contributed by atoms with Crippen molar-refractivity contribution in [1.29, 1.82) is 0 Å². The van der Waals surface area contributed by atoms with Crippen LogP contribution < -0.4 is 5.32 Å². The van der Waals surface area contributed by atoms with E-state index in [1.54, 1.807) is 6.07 Å². The highest BCUT2D eigenvalue weighted by atomic mass is 35.5. The molecule has 0 amide bonds. The number of benzene rings is 1. The zero-order valence-corrected chi connectivity index (χ0v) is 12.3. The lowest BCUT2D eigenvalue weighted by atomic mass is 9.85. The van der Waals surface area contributed by atoms with Gasteiger partial charge < -0.3 is 10.1 Å². The summed E-state index contributed by atoms with van der Waals surface area (Å²) in [6.45, 7) is 2.23. The van der Waals surface area contributed by atoms with E-state index in [1.165, 1.54) is 12.1 Å². The van der Waals surface area contributed by atoms with Crippen LogP contribution in [0, 0.1) is 11.7 Å². The molecule has 110 valence electrons. The Hall–Kier alpha value is -1.29. The first-order valence-electron chi connectivity index (χ1n) is 6.98. The number of esters is 1. The van der Waals surface area contributed by atoms with Crippen LogP contribution in [0.2, 0.25) is 5.02 Å². The van der Waals surface area contributed by atoms with Crippen LogP contribution in [-0.4, -0.2) is 18.6 Å². The SMILES string of the molecule is CCOC(=O)C1CCCC(Nc2ccc(F)cc2Cl)C1. The van der Waals surface area contributed by atoms with E-state index in [1.807, 2.05) is 6.92 Å². The fraction of sp³-hybridized carbons (Fsp3) is 0.533. The van der Waals surface area contributed by atoms with E-state index in [0.717, 1.165) is 25.7 Å². The molecule has 1 aromatic carbocycles. The largest absolute Gasteiger partial charge is 0.466 e. The van der Waals surface area contributed by atoms with Crippen LogP contribution in [-0.2, 0) is 9.53 Å². The van der Waals surface area contributed by atoms with Crippen LogP contribution in [0.3, 0.4) is 0 Å². The molecule has 0 aromatic heterocycles. The lowest BCUT2D eigenvalue weighted by Gasteiger charge is -2.29. The van der Waals surface area contributed by atoms with E-state index in [2.05, 4.69) is 5.32 Å². The molecule has 1 aliphatic carbocycles. The maximum atomic E-state index is 13.0. The molecule has 20 heavy (non-hydrogen) atoms. The fourth-order valence-corrected chi connectivity index (χ4v) is 2.84. The molecule has 1 aromatic rings. The van der Waals surface area contributed by atoms with Gasteiger partial charge in [-0.25, -0.2) is 4.39 Å². The second-order valence-corrected chi connectivity index (χ2v) is 5.49. The van der Waals surface area contributed by atoms with E-state index in [4.69, 9.17) is 16.3 Å². The quantitative estimate of drug-likeness (QED) is 0.854. The smallest absolute Gasteiger partial charge is 0.308 e. The normalized spacial score (nSPS) is 22.4. The Balaban J connectivity index is 1.97. The maximum absolute atomic E-state index is 13.0. The Morgan fingerprint density at radius 1 is 1.50 bits per heavy atom. The fourth-order valence-electron chi connectivity index (χ4n) is 2.62. The van der Waals surface area contributed by atoms with Crippen molar-refractivity contribution in [2.75, 3.05) is 11.9 Å². The van der Waals surface area contributed by atoms with Gasteiger partial charge in [0.1, 0.15) is 5.82 Å². The van der Waals surface area contributed by atoms with Gasteiger partial charge in [0.05, 0.1) is 23.2 Å². The molecule has 0 saturated heterocycles. The van der Waals surface area contributed by atoms with Crippen LogP contribution in [0.1, 0.15) is 32.6 Å². The number of hydrogen-bond donors (Lipinski definition) is 1. The van der Waals surface area contributed by atoms with Crippen LogP contribution in [0.4, 0.5) is 10.1 Å². The third-order valence-electron chi connectivity index (χ3n) is 3.58. The summed E-state index contributed by atoms with van der Waals surface area (Å²) in [4.78, 5) is 11.8. The highest BCUT2D eigenvalue weighted by molar-refractivity contribution is 6.33. The Bertz CT molecular complexity index is 481. The third-order valence-corrected chi connectivity index (χ3v) is 3.90. The minimum Gasteiger partial charge on any atom is -0.466 e. The van der Waals surface area contributed by atoms with E-state index < -0.39 is 0 Å². The minimum absolute atomic E-state index is 0.0552. The van der Waals surface area contributed by atoms with Gasteiger partial charge in [0.25, 0.3) is 0 Å². The van der Waals surface area contributed by atoms with Gasteiger partial charge in [-0.2, -0.15) is 0 Å². The monoisotopic (exact) mass is 299 g/mol. The summed E-state index contributed by atoms with van der Waals surface area (Å²) in [7, 11) is 0. The molecule has 2 rings (SSSR count). The molecule has 1 saturated carbocycles. The Morgan fingerprint density at radius 2 is 2.30 bits per heavy atom. The van der Waals surface area contributed by atoms with Gasteiger partial charge in [-0.05, 0) is 44.4 Å². The number of anilines is 1. The van der Waals surface area contributed by atoms with Crippen molar-refractivity contribution in [3.05, 3.63) is 29.0 Å². The van der Waals surface area contributed by atoms with Gasteiger partial charge in [0.2, 0.25) is 0 Å². The second kappa shape index (κ2) is 6.93. The number of nitrogens with one attached hydrogen (secondary N) is 1. The van der Waals surface area contributed by atoms with Gasteiger partial charge in [-0.3, -0.25) is 4.79 Å². The molecule has 1 aliphatic rings. The van der Waals surface area contributed by atoms with E-state index in [-0.39, 0.29) is 23.7 Å². The Labute approximate surface area is 123 Å². The topological polar surface area (TPSA) is 38.3 Å². The van der Waals surface area contributed by atoms with Gasteiger partial charge in [-0.1, -0.05) is 18.0 Å². The van der Waals surface area contributed by atoms with E-state index in [0.29, 0.717) is 17.3 Å². The van der Waals surface area contributed by atoms with Crippen molar-refractivity contribution in [2.45, 2.75) is 38.6 Å². The zero-order chi connectivity index (χ0) is 14.5. The van der Waals surface area contributed by atoms with E-state index in [9.17, 15) is 9.18 Å².